The van der Waals surface area contributed by atoms with E-state index in [0.29, 0.717) is 32.8 Å². The van der Waals surface area contributed by atoms with Crippen LogP contribution in [0, 0.1) is 0 Å². The van der Waals surface area contributed by atoms with Gasteiger partial charge in [0.2, 0.25) is 0 Å². The summed E-state index contributed by atoms with van der Waals surface area (Å²) in [4.78, 5) is 0. The van der Waals surface area contributed by atoms with Crippen LogP contribution in [0.25, 0.3) is 0 Å². The van der Waals surface area contributed by atoms with Gasteiger partial charge in [-0.05, 0) is 18.6 Å². The Labute approximate surface area is 119 Å². The van der Waals surface area contributed by atoms with E-state index in [0.717, 1.165) is 23.7 Å². The van der Waals surface area contributed by atoms with Crippen LogP contribution in [-0.4, -0.2) is 62.4 Å². The topological polar surface area (TPSA) is 72.8 Å². The first-order chi connectivity index (χ1) is 8.56. The number of hydrogen-bond donors (Lipinski definition) is 2. The van der Waals surface area contributed by atoms with Crippen molar-refractivity contribution >= 4 is 34.5 Å². The lowest BCUT2D eigenvalue weighted by Crippen LogP contribution is -2.08. The zero-order valence-corrected chi connectivity index (χ0v) is 12.9. The van der Waals surface area contributed by atoms with E-state index in [1.54, 1.807) is 11.8 Å². The molecule has 110 valence electrons. The van der Waals surface area contributed by atoms with Crippen molar-refractivity contribution in [3.8, 4) is 0 Å². The maximum absolute atomic E-state index is 10.4. The molecule has 0 heterocycles. The van der Waals surface area contributed by atoms with E-state index in [4.69, 9.17) is 14.0 Å². The highest BCUT2D eigenvalue weighted by Gasteiger charge is 2.02. The summed E-state index contributed by atoms with van der Waals surface area (Å²) in [6, 6.07) is 0. The molecule has 0 saturated carbocycles. The second-order valence-electron chi connectivity index (χ2n) is 3.55. The quantitative estimate of drug-likeness (QED) is 0.303. The van der Waals surface area contributed by atoms with Crippen LogP contribution in [0.4, 0.5) is 0 Å². The predicted molar refractivity (Wildman–Crippen MR) is 78.5 cm³/mol. The highest BCUT2D eigenvalue weighted by molar-refractivity contribution is 7.99. The molecule has 18 heavy (non-hydrogen) atoms. The molecular formula is C10H22O5S3. The maximum atomic E-state index is 10.4. The molecule has 0 aromatic carbocycles. The van der Waals surface area contributed by atoms with Gasteiger partial charge in [-0.2, -0.15) is 32.8 Å². The number of unbranched alkanes of at least 4 members (excludes halogenated alkanes) is 1. The lowest BCUT2D eigenvalue weighted by atomic mass is 10.4. The van der Waals surface area contributed by atoms with Gasteiger partial charge in [0.1, 0.15) is 0 Å². The van der Waals surface area contributed by atoms with Gasteiger partial charge >= 0.3 is 0 Å². The smallest absolute Gasteiger partial charge is 0.264 e. The van der Waals surface area contributed by atoms with Crippen molar-refractivity contribution in [1.29, 1.82) is 0 Å². The first kappa shape index (κ1) is 18.5. The van der Waals surface area contributed by atoms with Gasteiger partial charge in [0.25, 0.3) is 10.1 Å². The summed E-state index contributed by atoms with van der Waals surface area (Å²) in [6.45, 7) is 2.51. The van der Waals surface area contributed by atoms with Crippen LogP contribution in [-0.2, 0) is 19.6 Å². The van der Waals surface area contributed by atoms with Crippen LogP contribution in [0.2, 0.25) is 0 Å². The van der Waals surface area contributed by atoms with Gasteiger partial charge in [0.15, 0.2) is 0 Å². The molecule has 0 aliphatic rings. The van der Waals surface area contributed by atoms with Gasteiger partial charge in [-0.15, -0.1) is 0 Å². The molecule has 8 heteroatoms. The summed E-state index contributed by atoms with van der Waals surface area (Å²) in [5.74, 6) is 2.35. The molecule has 0 amide bonds. The van der Waals surface area contributed by atoms with Crippen molar-refractivity contribution in [2.75, 3.05) is 49.4 Å². The summed E-state index contributed by atoms with van der Waals surface area (Å²) in [6.07, 6.45) is 1.29. The maximum Gasteiger partial charge on any atom is 0.264 e. The van der Waals surface area contributed by atoms with Crippen LogP contribution >= 0.6 is 24.4 Å². The van der Waals surface area contributed by atoms with E-state index < -0.39 is 10.1 Å². The SMILES string of the molecule is O=S(=O)(O)CCCCSCCOCCOCCS. The molecule has 0 unspecified atom stereocenters. The number of ether oxygens (including phenoxy) is 2. The molecule has 0 aromatic heterocycles. The highest BCUT2D eigenvalue weighted by Crippen LogP contribution is 2.05. The van der Waals surface area contributed by atoms with Crippen molar-refractivity contribution in [2.24, 2.45) is 0 Å². The minimum Gasteiger partial charge on any atom is -0.378 e. The molecule has 0 fully saturated rings. The number of thioether (sulfide) groups is 1. The molecule has 1 N–H and O–H groups in total. The van der Waals surface area contributed by atoms with E-state index in [1.165, 1.54) is 0 Å². The minimum absolute atomic E-state index is 0.146. The molecule has 0 spiro atoms. The van der Waals surface area contributed by atoms with E-state index >= 15 is 0 Å². The normalized spacial score (nSPS) is 11.9. The van der Waals surface area contributed by atoms with E-state index in [9.17, 15) is 8.42 Å². The third kappa shape index (κ3) is 16.5. The van der Waals surface area contributed by atoms with E-state index in [-0.39, 0.29) is 5.75 Å². The third-order valence-corrected chi connectivity index (χ3v) is 3.94. The molecule has 0 aromatic rings. The molecular weight excluding hydrogens is 296 g/mol. The Hall–Kier alpha value is 0.530. The molecule has 0 aliphatic carbocycles. The fourth-order valence-electron chi connectivity index (χ4n) is 1.10. The van der Waals surface area contributed by atoms with Crippen LogP contribution < -0.4 is 0 Å². The van der Waals surface area contributed by atoms with Gasteiger partial charge < -0.3 is 9.47 Å². The average molecular weight is 318 g/mol. The van der Waals surface area contributed by atoms with Crippen molar-refractivity contribution < 1.29 is 22.4 Å². The van der Waals surface area contributed by atoms with Gasteiger partial charge in [0.05, 0.1) is 32.2 Å². The molecule has 0 saturated heterocycles. The number of rotatable bonds is 13. The van der Waals surface area contributed by atoms with E-state index in [1.807, 2.05) is 0 Å². The molecule has 0 rings (SSSR count). The Morgan fingerprint density at radius 2 is 1.67 bits per heavy atom. The highest BCUT2D eigenvalue weighted by atomic mass is 32.2. The zero-order valence-electron chi connectivity index (χ0n) is 10.4. The molecule has 0 aliphatic heterocycles. The summed E-state index contributed by atoms with van der Waals surface area (Å²) in [5, 5.41) is 0. The minimum atomic E-state index is -3.79. The summed E-state index contributed by atoms with van der Waals surface area (Å²) >= 11 is 5.73. The van der Waals surface area contributed by atoms with Gasteiger partial charge in [-0.3, -0.25) is 4.55 Å². The molecule has 0 bridgehead atoms. The first-order valence-corrected chi connectivity index (χ1v) is 9.25. The Morgan fingerprint density at radius 3 is 2.28 bits per heavy atom. The Bertz CT molecular complexity index is 269. The lowest BCUT2D eigenvalue weighted by Gasteiger charge is -2.04. The molecule has 0 radical (unpaired) electrons. The van der Waals surface area contributed by atoms with Crippen LogP contribution in [0.15, 0.2) is 0 Å². The monoisotopic (exact) mass is 318 g/mol. The lowest BCUT2D eigenvalue weighted by molar-refractivity contribution is 0.0606. The Morgan fingerprint density at radius 1 is 1.00 bits per heavy atom. The Kier molecular flexibility index (Phi) is 12.9. The molecule has 5 nitrogen and oxygen atoms in total. The van der Waals surface area contributed by atoms with Crippen molar-refractivity contribution in [2.45, 2.75) is 12.8 Å². The average Bonchev–Trinajstić information content (AvgIpc) is 2.29. The van der Waals surface area contributed by atoms with Gasteiger partial charge in [-0.25, -0.2) is 0 Å². The predicted octanol–water partition coefficient (Wildman–Crippen LogP) is 1.35. The first-order valence-electron chi connectivity index (χ1n) is 5.85. The van der Waals surface area contributed by atoms with Crippen molar-refractivity contribution in [1.82, 2.24) is 0 Å². The summed E-state index contributed by atoms with van der Waals surface area (Å²) in [5.41, 5.74) is 0. The number of thiol groups is 1. The second kappa shape index (κ2) is 12.6. The Balaban J connectivity index is 3.03. The van der Waals surface area contributed by atoms with Crippen molar-refractivity contribution in [3.05, 3.63) is 0 Å². The third-order valence-electron chi connectivity index (χ3n) is 1.92. The van der Waals surface area contributed by atoms with E-state index in [2.05, 4.69) is 12.6 Å². The number of hydrogen-bond acceptors (Lipinski definition) is 6. The fourth-order valence-corrected chi connectivity index (χ4v) is 2.64. The standard InChI is InChI=1S/C10H22O5S3/c11-18(12,13)10-2-1-8-17-9-6-15-4-3-14-5-7-16/h16H,1-10H2,(H,11,12,13). The van der Waals surface area contributed by atoms with Crippen LogP contribution in [0.1, 0.15) is 12.8 Å². The van der Waals surface area contributed by atoms with Crippen LogP contribution in [0.3, 0.4) is 0 Å². The summed E-state index contributed by atoms with van der Waals surface area (Å²) < 4.78 is 39.9. The molecule has 0 atom stereocenters. The fraction of sp³-hybridized carbons (Fsp3) is 1.00. The second-order valence-corrected chi connectivity index (χ2v) is 6.80. The van der Waals surface area contributed by atoms with Gasteiger partial charge in [0, 0.05) is 11.5 Å². The summed E-state index contributed by atoms with van der Waals surface area (Å²) in [7, 11) is -3.79. The largest absolute Gasteiger partial charge is 0.378 e. The van der Waals surface area contributed by atoms with Crippen molar-refractivity contribution in [3.63, 3.8) is 0 Å². The van der Waals surface area contributed by atoms with Crippen LogP contribution in [0.5, 0.6) is 0 Å². The van der Waals surface area contributed by atoms with Gasteiger partial charge in [-0.1, -0.05) is 0 Å². The zero-order chi connectivity index (χ0) is 13.7.